The first kappa shape index (κ1) is 11.3. The molecule has 0 radical (unpaired) electrons. The van der Waals surface area contributed by atoms with Crippen LogP contribution in [0.15, 0.2) is 12.1 Å². The topological polar surface area (TPSA) is 70.3 Å². The molecule has 0 fully saturated rings. The molecule has 0 aliphatic heterocycles. The van der Waals surface area contributed by atoms with Gasteiger partial charge in [0, 0.05) is 5.88 Å². The van der Waals surface area contributed by atoms with Crippen molar-refractivity contribution in [1.29, 1.82) is 5.26 Å². The van der Waals surface area contributed by atoms with E-state index >= 15 is 0 Å². The Labute approximate surface area is 91.7 Å². The average molecular weight is 226 g/mol. The molecule has 0 heterocycles. The van der Waals surface area contributed by atoms with Crippen LogP contribution in [0.2, 0.25) is 0 Å². The summed E-state index contributed by atoms with van der Waals surface area (Å²) in [5.74, 6) is -0.948. The summed E-state index contributed by atoms with van der Waals surface area (Å²) in [6.45, 7) is 0. The van der Waals surface area contributed by atoms with Crippen LogP contribution in [-0.4, -0.2) is 18.2 Å². The zero-order chi connectivity index (χ0) is 11.4. The number of methoxy groups -OCH3 is 1. The zero-order valence-electron chi connectivity index (χ0n) is 7.95. The molecule has 0 unspecified atom stereocenters. The van der Waals surface area contributed by atoms with Gasteiger partial charge >= 0.3 is 5.97 Å². The Bertz CT molecular complexity index is 437. The predicted octanol–water partition coefficient (Wildman–Crippen LogP) is 2.00. The molecule has 0 aliphatic rings. The summed E-state index contributed by atoms with van der Waals surface area (Å²) >= 11 is 5.60. The first-order chi connectivity index (χ1) is 7.15. The van der Waals surface area contributed by atoms with Gasteiger partial charge in [-0.1, -0.05) is 6.07 Å². The molecular formula is C10H8ClNO3. The summed E-state index contributed by atoms with van der Waals surface area (Å²) in [7, 11) is 1.35. The molecule has 0 atom stereocenters. The van der Waals surface area contributed by atoms with E-state index in [0.29, 0.717) is 5.56 Å². The number of rotatable bonds is 3. The molecule has 78 valence electrons. The highest BCUT2D eigenvalue weighted by Crippen LogP contribution is 2.26. The fraction of sp³-hybridized carbons (Fsp3) is 0.200. The lowest BCUT2D eigenvalue weighted by atomic mass is 10.0. The summed E-state index contributed by atoms with van der Waals surface area (Å²) in [6.07, 6.45) is 0. The summed E-state index contributed by atoms with van der Waals surface area (Å²) < 4.78 is 4.87. The Hall–Kier alpha value is -1.73. The van der Waals surface area contributed by atoms with Crippen LogP contribution in [0.25, 0.3) is 0 Å². The Morgan fingerprint density at radius 1 is 1.67 bits per heavy atom. The maximum absolute atomic E-state index is 11.0. The van der Waals surface area contributed by atoms with Crippen LogP contribution in [-0.2, 0) is 5.88 Å². The van der Waals surface area contributed by atoms with Gasteiger partial charge in [-0.2, -0.15) is 5.26 Å². The number of carboxylic acids is 1. The van der Waals surface area contributed by atoms with E-state index in [1.165, 1.54) is 13.2 Å². The molecule has 0 bridgehead atoms. The second-order valence-electron chi connectivity index (χ2n) is 2.73. The van der Waals surface area contributed by atoms with Crippen molar-refractivity contribution in [3.05, 3.63) is 28.8 Å². The summed E-state index contributed by atoms with van der Waals surface area (Å²) in [6, 6.07) is 4.89. The molecule has 5 heteroatoms. The van der Waals surface area contributed by atoms with E-state index in [2.05, 4.69) is 0 Å². The standard InChI is InChI=1S/C10H8ClNO3/c1-15-8-3-2-6(4-11)7(5-12)9(8)10(13)14/h2-3H,4H2,1H3,(H,13,14). The van der Waals surface area contributed by atoms with Crippen molar-refractivity contribution in [3.8, 4) is 11.8 Å². The SMILES string of the molecule is COc1ccc(CCl)c(C#N)c1C(=O)O. The number of halogens is 1. The number of aromatic carboxylic acids is 1. The lowest BCUT2D eigenvalue weighted by molar-refractivity contribution is 0.0693. The average Bonchev–Trinajstić information content (AvgIpc) is 2.26. The molecule has 0 saturated carbocycles. The molecule has 0 saturated heterocycles. The largest absolute Gasteiger partial charge is 0.496 e. The van der Waals surface area contributed by atoms with Crippen molar-refractivity contribution in [2.24, 2.45) is 0 Å². The van der Waals surface area contributed by atoms with E-state index in [9.17, 15) is 4.79 Å². The normalized spacial score (nSPS) is 9.40. The fourth-order valence-electron chi connectivity index (χ4n) is 1.25. The number of carbonyl (C=O) groups is 1. The molecule has 0 spiro atoms. The zero-order valence-corrected chi connectivity index (χ0v) is 8.71. The first-order valence-corrected chi connectivity index (χ1v) is 4.58. The Morgan fingerprint density at radius 2 is 2.33 bits per heavy atom. The van der Waals surface area contributed by atoms with Crippen LogP contribution in [0.5, 0.6) is 5.75 Å². The predicted molar refractivity (Wildman–Crippen MR) is 54.2 cm³/mol. The van der Waals surface area contributed by atoms with Crippen molar-refractivity contribution >= 4 is 17.6 Å². The molecular weight excluding hydrogens is 218 g/mol. The van der Waals surface area contributed by atoms with Crippen molar-refractivity contribution in [2.45, 2.75) is 5.88 Å². The van der Waals surface area contributed by atoms with Crippen molar-refractivity contribution in [1.82, 2.24) is 0 Å². The lowest BCUT2D eigenvalue weighted by Gasteiger charge is -2.08. The minimum absolute atomic E-state index is 0.0526. The number of nitrogens with zero attached hydrogens (tertiary/aromatic N) is 1. The van der Waals surface area contributed by atoms with E-state index in [1.54, 1.807) is 6.07 Å². The minimum atomic E-state index is -1.20. The van der Waals surface area contributed by atoms with Gasteiger partial charge in [0.25, 0.3) is 0 Å². The van der Waals surface area contributed by atoms with Crippen LogP contribution in [0.1, 0.15) is 21.5 Å². The third kappa shape index (κ3) is 2.03. The molecule has 0 amide bonds. The Kier molecular flexibility index (Phi) is 3.53. The smallest absolute Gasteiger partial charge is 0.340 e. The van der Waals surface area contributed by atoms with E-state index in [0.717, 1.165) is 0 Å². The van der Waals surface area contributed by atoms with Gasteiger partial charge in [-0.15, -0.1) is 11.6 Å². The molecule has 1 aromatic carbocycles. The van der Waals surface area contributed by atoms with Crippen LogP contribution in [0.3, 0.4) is 0 Å². The van der Waals surface area contributed by atoms with Gasteiger partial charge in [0.05, 0.1) is 12.7 Å². The van der Waals surface area contributed by atoms with Crippen molar-refractivity contribution < 1.29 is 14.6 Å². The van der Waals surface area contributed by atoms with E-state index in [-0.39, 0.29) is 22.8 Å². The maximum atomic E-state index is 11.0. The van der Waals surface area contributed by atoms with Crippen molar-refractivity contribution in [3.63, 3.8) is 0 Å². The number of nitriles is 1. The van der Waals surface area contributed by atoms with E-state index in [4.69, 9.17) is 26.7 Å². The second kappa shape index (κ2) is 4.67. The van der Waals surface area contributed by atoms with Crippen LogP contribution in [0, 0.1) is 11.3 Å². The van der Waals surface area contributed by atoms with Gasteiger partial charge in [-0.25, -0.2) is 4.79 Å². The highest BCUT2D eigenvalue weighted by molar-refractivity contribution is 6.17. The molecule has 1 aromatic rings. The molecule has 0 aliphatic carbocycles. The number of hydrogen-bond acceptors (Lipinski definition) is 3. The molecule has 0 aromatic heterocycles. The monoisotopic (exact) mass is 225 g/mol. The maximum Gasteiger partial charge on any atom is 0.340 e. The van der Waals surface area contributed by atoms with E-state index < -0.39 is 5.97 Å². The molecule has 1 rings (SSSR count). The van der Waals surface area contributed by atoms with Gasteiger partial charge in [0.15, 0.2) is 0 Å². The Balaban J connectivity index is 3.53. The highest BCUT2D eigenvalue weighted by Gasteiger charge is 2.19. The summed E-state index contributed by atoms with van der Waals surface area (Å²) in [4.78, 5) is 11.0. The minimum Gasteiger partial charge on any atom is -0.496 e. The van der Waals surface area contributed by atoms with E-state index in [1.807, 2.05) is 6.07 Å². The van der Waals surface area contributed by atoms with Crippen LogP contribution < -0.4 is 4.74 Å². The van der Waals surface area contributed by atoms with Gasteiger partial charge < -0.3 is 9.84 Å². The fourth-order valence-corrected chi connectivity index (χ4v) is 1.47. The molecule has 1 N–H and O–H groups in total. The summed E-state index contributed by atoms with van der Waals surface area (Å²) in [5.41, 5.74) is 0.396. The van der Waals surface area contributed by atoms with Gasteiger partial charge in [-0.05, 0) is 11.6 Å². The quantitative estimate of drug-likeness (QED) is 0.799. The number of alkyl halides is 1. The van der Waals surface area contributed by atoms with Crippen LogP contribution >= 0.6 is 11.6 Å². The third-order valence-corrected chi connectivity index (χ3v) is 2.23. The van der Waals surface area contributed by atoms with Gasteiger partial charge in [0.1, 0.15) is 17.4 Å². The second-order valence-corrected chi connectivity index (χ2v) is 2.99. The number of ether oxygens (including phenoxy) is 1. The number of hydrogen-bond donors (Lipinski definition) is 1. The molecule has 4 nitrogen and oxygen atoms in total. The Morgan fingerprint density at radius 3 is 2.73 bits per heavy atom. The first-order valence-electron chi connectivity index (χ1n) is 4.05. The molecule has 15 heavy (non-hydrogen) atoms. The third-order valence-electron chi connectivity index (χ3n) is 1.94. The lowest BCUT2D eigenvalue weighted by Crippen LogP contribution is -2.06. The van der Waals surface area contributed by atoms with Gasteiger partial charge in [-0.3, -0.25) is 0 Å². The number of carboxylic acid groups (broad SMARTS) is 1. The van der Waals surface area contributed by atoms with Gasteiger partial charge in [0.2, 0.25) is 0 Å². The highest BCUT2D eigenvalue weighted by atomic mass is 35.5. The van der Waals surface area contributed by atoms with Crippen LogP contribution in [0.4, 0.5) is 0 Å². The number of benzene rings is 1. The summed E-state index contributed by atoms with van der Waals surface area (Å²) in [5, 5.41) is 17.8. The van der Waals surface area contributed by atoms with Crippen molar-refractivity contribution in [2.75, 3.05) is 7.11 Å².